The average Bonchev–Trinajstić information content (AvgIpc) is 3.33. The SMILES string of the molecule is O=S(=O)(NCCOc1ccc(-c2cccs2)nn1)c1ccc(-c2ccccc2)cc1. The van der Waals surface area contributed by atoms with Crippen LogP contribution in [0.4, 0.5) is 0 Å². The standard InChI is InChI=1S/C22H19N3O3S2/c26-30(27,19-10-8-18(9-11-19)17-5-2-1-3-6-17)23-14-15-28-22-13-12-20(24-25-22)21-7-4-16-29-21/h1-13,16,23H,14-15H2. The fourth-order valence-corrected chi connectivity index (χ4v) is 4.53. The highest BCUT2D eigenvalue weighted by atomic mass is 32.2. The van der Waals surface area contributed by atoms with Gasteiger partial charge in [0.1, 0.15) is 12.3 Å². The summed E-state index contributed by atoms with van der Waals surface area (Å²) >= 11 is 1.58. The lowest BCUT2D eigenvalue weighted by atomic mass is 10.1. The number of thiophene rings is 1. The van der Waals surface area contributed by atoms with Crippen LogP contribution >= 0.6 is 11.3 Å². The van der Waals surface area contributed by atoms with Crippen LogP contribution in [0.1, 0.15) is 0 Å². The third kappa shape index (κ3) is 4.91. The number of hydrogen-bond donors (Lipinski definition) is 1. The van der Waals surface area contributed by atoms with Crippen molar-refractivity contribution in [3.05, 3.63) is 84.2 Å². The fourth-order valence-electron chi connectivity index (χ4n) is 2.82. The molecule has 0 bridgehead atoms. The molecule has 30 heavy (non-hydrogen) atoms. The van der Waals surface area contributed by atoms with E-state index in [-0.39, 0.29) is 18.0 Å². The van der Waals surface area contributed by atoms with E-state index < -0.39 is 10.0 Å². The third-order valence-corrected chi connectivity index (χ3v) is 6.70. The minimum Gasteiger partial charge on any atom is -0.475 e. The van der Waals surface area contributed by atoms with Gasteiger partial charge in [-0.15, -0.1) is 21.5 Å². The van der Waals surface area contributed by atoms with Crippen LogP contribution in [0.2, 0.25) is 0 Å². The molecule has 0 saturated carbocycles. The van der Waals surface area contributed by atoms with Crippen molar-refractivity contribution in [3.63, 3.8) is 0 Å². The number of benzene rings is 2. The molecule has 0 radical (unpaired) electrons. The fraction of sp³-hybridized carbons (Fsp3) is 0.0909. The van der Waals surface area contributed by atoms with Gasteiger partial charge in [-0.25, -0.2) is 13.1 Å². The van der Waals surface area contributed by atoms with Crippen molar-refractivity contribution in [2.75, 3.05) is 13.2 Å². The number of aromatic nitrogens is 2. The van der Waals surface area contributed by atoms with Gasteiger partial charge in [-0.3, -0.25) is 0 Å². The van der Waals surface area contributed by atoms with E-state index in [1.165, 1.54) is 0 Å². The highest BCUT2D eigenvalue weighted by Crippen LogP contribution is 2.23. The first-order valence-corrected chi connectivity index (χ1v) is 11.6. The lowest BCUT2D eigenvalue weighted by Crippen LogP contribution is -2.28. The van der Waals surface area contributed by atoms with E-state index in [4.69, 9.17) is 4.74 Å². The van der Waals surface area contributed by atoms with Crippen molar-refractivity contribution in [3.8, 4) is 27.6 Å². The highest BCUT2D eigenvalue weighted by Gasteiger charge is 2.13. The molecule has 0 fully saturated rings. The second-order valence-electron chi connectivity index (χ2n) is 6.37. The molecule has 0 amide bonds. The van der Waals surface area contributed by atoms with E-state index in [9.17, 15) is 8.42 Å². The molecule has 4 aromatic rings. The summed E-state index contributed by atoms with van der Waals surface area (Å²) in [4.78, 5) is 1.24. The summed E-state index contributed by atoms with van der Waals surface area (Å²) in [6.45, 7) is 0.269. The number of nitrogens with zero attached hydrogens (tertiary/aromatic N) is 2. The van der Waals surface area contributed by atoms with Crippen molar-refractivity contribution in [1.29, 1.82) is 0 Å². The Morgan fingerprint density at radius 3 is 2.27 bits per heavy atom. The second kappa shape index (κ2) is 9.17. The van der Waals surface area contributed by atoms with Crippen LogP contribution in [-0.2, 0) is 10.0 Å². The van der Waals surface area contributed by atoms with Crippen LogP contribution in [-0.4, -0.2) is 31.8 Å². The van der Waals surface area contributed by atoms with Crippen molar-refractivity contribution >= 4 is 21.4 Å². The van der Waals surface area contributed by atoms with Gasteiger partial charge >= 0.3 is 0 Å². The summed E-state index contributed by atoms with van der Waals surface area (Å²) in [7, 11) is -3.61. The lowest BCUT2D eigenvalue weighted by molar-refractivity contribution is 0.307. The molecule has 4 rings (SSSR count). The molecule has 152 valence electrons. The Labute approximate surface area is 179 Å². The maximum atomic E-state index is 12.5. The van der Waals surface area contributed by atoms with Gasteiger partial charge in [0.05, 0.1) is 9.77 Å². The van der Waals surface area contributed by atoms with Crippen molar-refractivity contribution < 1.29 is 13.2 Å². The van der Waals surface area contributed by atoms with Crippen LogP contribution < -0.4 is 9.46 Å². The van der Waals surface area contributed by atoms with Gasteiger partial charge in [-0.2, -0.15) is 0 Å². The van der Waals surface area contributed by atoms with Gasteiger partial charge in [-0.05, 0) is 40.8 Å². The first kappa shape index (κ1) is 20.2. The molecule has 2 aromatic carbocycles. The van der Waals surface area contributed by atoms with E-state index in [1.807, 2.05) is 53.9 Å². The predicted octanol–water partition coefficient (Wildman–Crippen LogP) is 4.23. The second-order valence-corrected chi connectivity index (χ2v) is 9.09. The molecule has 0 spiro atoms. The first-order chi connectivity index (χ1) is 14.6. The van der Waals surface area contributed by atoms with Crippen LogP contribution in [0, 0.1) is 0 Å². The summed E-state index contributed by atoms with van der Waals surface area (Å²) in [5.74, 6) is 0.349. The van der Waals surface area contributed by atoms with Crippen LogP contribution in [0.5, 0.6) is 5.88 Å². The zero-order valence-electron chi connectivity index (χ0n) is 15.9. The topological polar surface area (TPSA) is 81.2 Å². The summed E-state index contributed by atoms with van der Waals surface area (Å²) in [5.41, 5.74) is 2.77. The molecule has 2 heterocycles. The Hall–Kier alpha value is -3.07. The van der Waals surface area contributed by atoms with Crippen molar-refractivity contribution in [1.82, 2.24) is 14.9 Å². The predicted molar refractivity (Wildman–Crippen MR) is 118 cm³/mol. The smallest absolute Gasteiger partial charge is 0.240 e. The Morgan fingerprint density at radius 1 is 0.833 bits per heavy atom. The highest BCUT2D eigenvalue weighted by molar-refractivity contribution is 7.89. The van der Waals surface area contributed by atoms with E-state index >= 15 is 0 Å². The first-order valence-electron chi connectivity index (χ1n) is 9.27. The van der Waals surface area contributed by atoms with E-state index in [0.717, 1.165) is 21.7 Å². The largest absolute Gasteiger partial charge is 0.475 e. The van der Waals surface area contributed by atoms with Crippen LogP contribution in [0.3, 0.4) is 0 Å². The summed E-state index contributed by atoms with van der Waals surface area (Å²) in [6, 6.07) is 24.1. The van der Waals surface area contributed by atoms with E-state index in [2.05, 4.69) is 14.9 Å². The Morgan fingerprint density at radius 2 is 1.60 bits per heavy atom. The zero-order chi connectivity index (χ0) is 20.8. The zero-order valence-corrected chi connectivity index (χ0v) is 17.6. The summed E-state index contributed by atoms with van der Waals surface area (Å²) in [5, 5.41) is 10.1. The number of hydrogen-bond acceptors (Lipinski definition) is 6. The molecule has 0 atom stereocenters. The molecule has 1 N–H and O–H groups in total. The number of nitrogens with one attached hydrogen (secondary N) is 1. The van der Waals surface area contributed by atoms with Gasteiger partial charge in [0.25, 0.3) is 0 Å². The van der Waals surface area contributed by atoms with Crippen molar-refractivity contribution in [2.45, 2.75) is 4.90 Å². The van der Waals surface area contributed by atoms with Crippen LogP contribution in [0.15, 0.2) is 89.1 Å². The molecule has 2 aromatic heterocycles. The van der Waals surface area contributed by atoms with Gasteiger partial charge in [0, 0.05) is 12.6 Å². The quantitative estimate of drug-likeness (QED) is 0.417. The van der Waals surface area contributed by atoms with Crippen LogP contribution in [0.25, 0.3) is 21.7 Å². The summed E-state index contributed by atoms with van der Waals surface area (Å²) < 4.78 is 33.0. The molecule has 0 unspecified atom stereocenters. The molecule has 0 saturated heterocycles. The minimum absolute atomic E-state index is 0.122. The van der Waals surface area contributed by atoms with E-state index in [0.29, 0.717) is 5.88 Å². The Balaban J connectivity index is 1.30. The van der Waals surface area contributed by atoms with Gasteiger partial charge < -0.3 is 4.74 Å². The molecule has 8 heteroatoms. The number of rotatable bonds is 8. The van der Waals surface area contributed by atoms with Gasteiger partial charge in [0.15, 0.2) is 0 Å². The Kier molecular flexibility index (Phi) is 6.18. The molecular weight excluding hydrogens is 418 g/mol. The Bertz CT molecular complexity index is 1180. The monoisotopic (exact) mass is 437 g/mol. The third-order valence-electron chi connectivity index (χ3n) is 4.33. The van der Waals surface area contributed by atoms with E-state index in [1.54, 1.807) is 41.7 Å². The maximum absolute atomic E-state index is 12.5. The molecular formula is C22H19N3O3S2. The molecule has 0 aliphatic rings. The maximum Gasteiger partial charge on any atom is 0.240 e. The normalized spacial score (nSPS) is 11.3. The lowest BCUT2D eigenvalue weighted by Gasteiger charge is -2.09. The van der Waals surface area contributed by atoms with Gasteiger partial charge in [0.2, 0.25) is 15.9 Å². The molecule has 0 aliphatic carbocycles. The minimum atomic E-state index is -3.61. The molecule has 6 nitrogen and oxygen atoms in total. The average molecular weight is 438 g/mol. The number of ether oxygens (including phenoxy) is 1. The van der Waals surface area contributed by atoms with Gasteiger partial charge in [-0.1, -0.05) is 48.5 Å². The summed E-state index contributed by atoms with van der Waals surface area (Å²) in [6.07, 6.45) is 0. The number of sulfonamides is 1. The van der Waals surface area contributed by atoms with Crippen molar-refractivity contribution in [2.24, 2.45) is 0 Å². The molecule has 0 aliphatic heterocycles.